The van der Waals surface area contributed by atoms with Crippen LogP contribution in [-0.2, 0) is 14.4 Å². The zero-order valence-corrected chi connectivity index (χ0v) is 10.7. The van der Waals surface area contributed by atoms with Gasteiger partial charge >= 0.3 is 5.97 Å². The van der Waals surface area contributed by atoms with Crippen molar-refractivity contribution in [2.75, 3.05) is 18.8 Å². The van der Waals surface area contributed by atoms with Gasteiger partial charge in [0, 0.05) is 12.3 Å². The first-order valence-corrected chi connectivity index (χ1v) is 6.72. The minimum absolute atomic E-state index is 0.0868. The third kappa shape index (κ3) is 2.44. The smallest absolute Gasteiger partial charge is 0.327 e. The number of carboxylic acid groups (broad SMARTS) is 1. The van der Waals surface area contributed by atoms with Gasteiger partial charge in [0.25, 0.3) is 0 Å². The Labute approximate surface area is 108 Å². The minimum Gasteiger partial charge on any atom is -0.480 e. The number of nitrogens with one attached hydrogen (secondary N) is 2. The number of rotatable bonds is 2. The maximum atomic E-state index is 12.3. The lowest BCUT2D eigenvalue weighted by atomic mass is 10.1. The van der Waals surface area contributed by atoms with Crippen molar-refractivity contribution in [3.8, 4) is 0 Å². The van der Waals surface area contributed by atoms with E-state index in [0.717, 1.165) is 0 Å². The van der Waals surface area contributed by atoms with Crippen LogP contribution in [0.2, 0.25) is 0 Å². The molecule has 3 atom stereocenters. The van der Waals surface area contributed by atoms with Crippen molar-refractivity contribution < 1.29 is 19.5 Å². The van der Waals surface area contributed by atoms with E-state index in [1.807, 2.05) is 6.92 Å². The number of aliphatic carboxylic acids is 1. The molecule has 0 spiro atoms. The molecule has 0 aromatic carbocycles. The van der Waals surface area contributed by atoms with Gasteiger partial charge in [0.05, 0.1) is 11.9 Å². The second-order valence-electron chi connectivity index (χ2n) is 4.27. The summed E-state index contributed by atoms with van der Waals surface area (Å²) in [6.45, 7) is 2.11. The van der Waals surface area contributed by atoms with E-state index < -0.39 is 18.1 Å². The Balaban J connectivity index is 2.07. The van der Waals surface area contributed by atoms with Gasteiger partial charge in [0.15, 0.2) is 0 Å². The average molecular weight is 273 g/mol. The van der Waals surface area contributed by atoms with Gasteiger partial charge in [-0.3, -0.25) is 14.9 Å². The number of carbonyl (C=O) groups is 3. The lowest BCUT2D eigenvalue weighted by Gasteiger charge is -2.31. The van der Waals surface area contributed by atoms with Crippen molar-refractivity contribution in [3.05, 3.63) is 0 Å². The number of piperazine rings is 1. The quantitative estimate of drug-likeness (QED) is 0.563. The van der Waals surface area contributed by atoms with Crippen molar-refractivity contribution in [2.24, 2.45) is 0 Å². The van der Waals surface area contributed by atoms with Crippen molar-refractivity contribution in [1.29, 1.82) is 0 Å². The molecular formula is C10H15N3O4S. The van der Waals surface area contributed by atoms with E-state index in [0.29, 0.717) is 5.75 Å². The molecule has 2 aliphatic heterocycles. The lowest BCUT2D eigenvalue weighted by molar-refractivity contribution is -0.150. The number of carbonyl (C=O) groups excluding carboxylic acids is 2. The van der Waals surface area contributed by atoms with Crippen LogP contribution in [0.4, 0.5) is 0 Å². The molecule has 3 unspecified atom stereocenters. The van der Waals surface area contributed by atoms with Gasteiger partial charge in [-0.1, -0.05) is 0 Å². The highest BCUT2D eigenvalue weighted by Gasteiger charge is 2.42. The Hall–Kier alpha value is -1.28. The zero-order valence-electron chi connectivity index (χ0n) is 9.88. The van der Waals surface area contributed by atoms with Gasteiger partial charge in [0.2, 0.25) is 11.8 Å². The van der Waals surface area contributed by atoms with Gasteiger partial charge in [-0.15, -0.1) is 11.8 Å². The average Bonchev–Trinajstić information content (AvgIpc) is 2.71. The van der Waals surface area contributed by atoms with Crippen LogP contribution >= 0.6 is 11.8 Å². The molecule has 0 saturated carbocycles. The highest BCUT2D eigenvalue weighted by Crippen LogP contribution is 2.29. The maximum Gasteiger partial charge on any atom is 0.327 e. The second-order valence-corrected chi connectivity index (χ2v) is 5.62. The Morgan fingerprint density at radius 3 is 2.78 bits per heavy atom. The molecule has 2 heterocycles. The highest BCUT2D eigenvalue weighted by molar-refractivity contribution is 8.00. The summed E-state index contributed by atoms with van der Waals surface area (Å²) in [5.41, 5.74) is 0. The molecule has 2 fully saturated rings. The topological polar surface area (TPSA) is 98.7 Å². The standard InChI is InChI=1S/C10H15N3O4S/c1-5-13(7(4-18-5)10(16)17)9(15)6-2-12-8(14)3-11-6/h5-7,11H,2-4H2,1H3,(H,12,14)(H,16,17). The summed E-state index contributed by atoms with van der Waals surface area (Å²) in [5.74, 6) is -1.00. The Bertz CT molecular complexity index is 379. The maximum absolute atomic E-state index is 12.3. The van der Waals surface area contributed by atoms with Crippen LogP contribution in [0.1, 0.15) is 6.92 Å². The van der Waals surface area contributed by atoms with E-state index >= 15 is 0 Å². The van der Waals surface area contributed by atoms with E-state index in [4.69, 9.17) is 5.11 Å². The summed E-state index contributed by atoms with van der Waals surface area (Å²) in [4.78, 5) is 35.8. The molecule has 0 radical (unpaired) electrons. The summed E-state index contributed by atoms with van der Waals surface area (Å²) >= 11 is 1.44. The Morgan fingerprint density at radius 2 is 2.22 bits per heavy atom. The molecule has 0 aliphatic carbocycles. The summed E-state index contributed by atoms with van der Waals surface area (Å²) in [6.07, 6.45) is 0. The van der Waals surface area contributed by atoms with Crippen LogP contribution in [0.5, 0.6) is 0 Å². The number of nitrogens with zero attached hydrogens (tertiary/aromatic N) is 1. The molecule has 2 amide bonds. The molecule has 2 rings (SSSR count). The van der Waals surface area contributed by atoms with Gasteiger partial charge in [-0.25, -0.2) is 4.79 Å². The normalized spacial score (nSPS) is 32.2. The first-order chi connectivity index (χ1) is 8.50. The molecule has 100 valence electrons. The highest BCUT2D eigenvalue weighted by atomic mass is 32.2. The van der Waals surface area contributed by atoms with Crippen LogP contribution in [0.15, 0.2) is 0 Å². The molecule has 8 heteroatoms. The number of amides is 2. The van der Waals surface area contributed by atoms with E-state index in [1.54, 1.807) is 0 Å². The second kappa shape index (κ2) is 5.15. The number of thioether (sulfide) groups is 1. The van der Waals surface area contributed by atoms with Crippen molar-refractivity contribution in [1.82, 2.24) is 15.5 Å². The largest absolute Gasteiger partial charge is 0.480 e. The predicted octanol–water partition coefficient (Wildman–Crippen LogP) is -1.55. The molecule has 7 nitrogen and oxygen atoms in total. The first kappa shape index (κ1) is 13.2. The Morgan fingerprint density at radius 1 is 1.50 bits per heavy atom. The van der Waals surface area contributed by atoms with Crippen LogP contribution in [-0.4, -0.2) is 64.1 Å². The van der Waals surface area contributed by atoms with Crippen molar-refractivity contribution in [2.45, 2.75) is 24.4 Å². The van der Waals surface area contributed by atoms with Crippen molar-refractivity contribution in [3.63, 3.8) is 0 Å². The molecule has 0 aromatic heterocycles. The Kier molecular flexibility index (Phi) is 3.76. The van der Waals surface area contributed by atoms with Gasteiger partial charge < -0.3 is 15.3 Å². The molecule has 0 aromatic rings. The van der Waals surface area contributed by atoms with Crippen LogP contribution in [0.25, 0.3) is 0 Å². The van der Waals surface area contributed by atoms with E-state index in [2.05, 4.69) is 10.6 Å². The SMILES string of the molecule is CC1SCC(C(=O)O)N1C(=O)C1CNC(=O)CN1. The molecule has 2 aliphatic rings. The molecule has 18 heavy (non-hydrogen) atoms. The first-order valence-electron chi connectivity index (χ1n) is 5.67. The number of hydrogen-bond acceptors (Lipinski definition) is 5. The van der Waals surface area contributed by atoms with Gasteiger partial charge in [-0.2, -0.15) is 0 Å². The third-order valence-electron chi connectivity index (χ3n) is 3.07. The molecule has 0 bridgehead atoms. The fraction of sp³-hybridized carbons (Fsp3) is 0.700. The summed E-state index contributed by atoms with van der Waals surface area (Å²) in [5, 5.41) is 14.4. The van der Waals surface area contributed by atoms with Crippen LogP contribution in [0, 0.1) is 0 Å². The zero-order chi connectivity index (χ0) is 13.3. The monoisotopic (exact) mass is 273 g/mol. The fourth-order valence-electron chi connectivity index (χ4n) is 2.09. The van der Waals surface area contributed by atoms with Crippen LogP contribution in [0.3, 0.4) is 0 Å². The van der Waals surface area contributed by atoms with Crippen molar-refractivity contribution >= 4 is 29.5 Å². The van der Waals surface area contributed by atoms with Crippen LogP contribution < -0.4 is 10.6 Å². The number of hydrogen-bond donors (Lipinski definition) is 3. The summed E-state index contributed by atoms with van der Waals surface area (Å²) in [7, 11) is 0. The van der Waals surface area contributed by atoms with E-state index in [1.165, 1.54) is 16.7 Å². The predicted molar refractivity (Wildman–Crippen MR) is 65.0 cm³/mol. The minimum atomic E-state index is -0.986. The fourth-order valence-corrected chi connectivity index (χ4v) is 3.26. The molecule has 2 saturated heterocycles. The number of carboxylic acids is 1. The van der Waals surface area contributed by atoms with Gasteiger partial charge in [-0.05, 0) is 6.92 Å². The van der Waals surface area contributed by atoms with E-state index in [-0.39, 0.29) is 30.3 Å². The summed E-state index contributed by atoms with van der Waals surface area (Å²) in [6, 6.07) is -1.32. The third-order valence-corrected chi connectivity index (χ3v) is 4.29. The van der Waals surface area contributed by atoms with Gasteiger partial charge in [0.1, 0.15) is 12.1 Å². The summed E-state index contributed by atoms with van der Waals surface area (Å²) < 4.78 is 0. The molecule has 3 N–H and O–H groups in total. The van der Waals surface area contributed by atoms with E-state index in [9.17, 15) is 14.4 Å². The molecular weight excluding hydrogens is 258 g/mol. The lowest BCUT2D eigenvalue weighted by Crippen LogP contribution is -2.60.